The fourth-order valence-electron chi connectivity index (χ4n) is 1.22. The summed E-state index contributed by atoms with van der Waals surface area (Å²) in [7, 11) is 0. The number of rotatable bonds is 6. The van der Waals surface area contributed by atoms with Crippen molar-refractivity contribution in [2.45, 2.75) is 6.42 Å². The summed E-state index contributed by atoms with van der Waals surface area (Å²) in [6, 6.07) is 8.82. The lowest BCUT2D eigenvalue weighted by Crippen LogP contribution is -2.12. The Bertz CT molecular complexity index is 415. The van der Waals surface area contributed by atoms with Gasteiger partial charge in [0.15, 0.2) is 0 Å². The highest BCUT2D eigenvalue weighted by Crippen LogP contribution is 2.10. The highest BCUT2D eigenvalue weighted by atomic mass is 32.2. The quantitative estimate of drug-likeness (QED) is 0.752. The first-order chi connectivity index (χ1) is 8.26. The van der Waals surface area contributed by atoms with E-state index >= 15 is 0 Å². The van der Waals surface area contributed by atoms with E-state index in [4.69, 9.17) is 10.4 Å². The van der Waals surface area contributed by atoms with Gasteiger partial charge in [-0.05, 0) is 18.2 Å². The largest absolute Gasteiger partial charge is 0.396 e. The summed E-state index contributed by atoms with van der Waals surface area (Å²) in [6.45, 7) is 0.135. The van der Waals surface area contributed by atoms with Crippen LogP contribution in [0.15, 0.2) is 24.3 Å². The van der Waals surface area contributed by atoms with Crippen LogP contribution in [0.25, 0.3) is 0 Å². The maximum atomic E-state index is 11.5. The zero-order chi connectivity index (χ0) is 12.5. The topological polar surface area (TPSA) is 73.1 Å². The summed E-state index contributed by atoms with van der Waals surface area (Å²) in [4.78, 5) is 11.5. The second-order valence-corrected chi connectivity index (χ2v) is 4.55. The van der Waals surface area contributed by atoms with E-state index in [0.717, 1.165) is 0 Å². The van der Waals surface area contributed by atoms with Crippen LogP contribution in [0.5, 0.6) is 0 Å². The van der Waals surface area contributed by atoms with E-state index in [1.54, 1.807) is 24.3 Å². The zero-order valence-electron chi connectivity index (χ0n) is 9.35. The molecule has 0 spiro atoms. The molecule has 0 radical (unpaired) electrons. The van der Waals surface area contributed by atoms with Gasteiger partial charge in [0.25, 0.3) is 0 Å². The number of thioether (sulfide) groups is 1. The Morgan fingerprint density at radius 1 is 1.47 bits per heavy atom. The zero-order valence-corrected chi connectivity index (χ0v) is 10.2. The van der Waals surface area contributed by atoms with E-state index in [1.807, 2.05) is 6.07 Å². The van der Waals surface area contributed by atoms with Gasteiger partial charge >= 0.3 is 0 Å². The first kappa shape index (κ1) is 13.6. The van der Waals surface area contributed by atoms with E-state index < -0.39 is 0 Å². The van der Waals surface area contributed by atoms with Gasteiger partial charge in [-0.1, -0.05) is 6.07 Å². The Morgan fingerprint density at radius 3 is 3.00 bits per heavy atom. The van der Waals surface area contributed by atoms with Crippen molar-refractivity contribution in [1.82, 2.24) is 0 Å². The van der Waals surface area contributed by atoms with Crippen LogP contribution in [-0.2, 0) is 4.79 Å². The highest BCUT2D eigenvalue weighted by molar-refractivity contribution is 7.99. The smallest absolute Gasteiger partial charge is 0.225 e. The Morgan fingerprint density at radius 2 is 2.29 bits per heavy atom. The van der Waals surface area contributed by atoms with Crippen LogP contribution >= 0.6 is 11.8 Å². The predicted molar refractivity (Wildman–Crippen MR) is 68.8 cm³/mol. The second kappa shape index (κ2) is 7.71. The number of anilines is 1. The summed E-state index contributed by atoms with van der Waals surface area (Å²) in [5.74, 6) is 1.26. The van der Waals surface area contributed by atoms with Gasteiger partial charge in [0.05, 0.1) is 18.2 Å². The molecule has 0 aliphatic carbocycles. The van der Waals surface area contributed by atoms with Crippen molar-refractivity contribution in [3.63, 3.8) is 0 Å². The molecular formula is C12H14N2O2S. The standard InChI is InChI=1S/C12H14N2O2S/c13-9-10-2-1-3-11(8-10)14-12(16)4-6-17-7-5-15/h1-3,8,15H,4-7H2,(H,14,16). The third kappa shape index (κ3) is 5.38. The second-order valence-electron chi connectivity index (χ2n) is 3.33. The van der Waals surface area contributed by atoms with Crippen molar-refractivity contribution in [3.05, 3.63) is 29.8 Å². The van der Waals surface area contributed by atoms with Gasteiger partial charge in [0.2, 0.25) is 5.91 Å². The third-order valence-corrected chi connectivity index (χ3v) is 2.95. The van der Waals surface area contributed by atoms with Crippen LogP contribution in [0.1, 0.15) is 12.0 Å². The van der Waals surface area contributed by atoms with E-state index in [-0.39, 0.29) is 12.5 Å². The molecule has 0 bridgehead atoms. The molecule has 0 aliphatic heterocycles. The highest BCUT2D eigenvalue weighted by Gasteiger charge is 2.02. The molecule has 0 saturated heterocycles. The first-order valence-corrected chi connectivity index (χ1v) is 6.40. The Hall–Kier alpha value is -1.51. The van der Waals surface area contributed by atoms with Crippen LogP contribution in [0, 0.1) is 11.3 Å². The van der Waals surface area contributed by atoms with Crippen molar-refractivity contribution < 1.29 is 9.90 Å². The summed E-state index contributed by atoms with van der Waals surface area (Å²) in [6.07, 6.45) is 0.404. The number of aliphatic hydroxyl groups is 1. The molecule has 1 amide bonds. The lowest BCUT2D eigenvalue weighted by molar-refractivity contribution is -0.115. The molecule has 1 rings (SSSR count). The normalized spacial score (nSPS) is 9.65. The van der Waals surface area contributed by atoms with Crippen molar-refractivity contribution in [2.75, 3.05) is 23.4 Å². The monoisotopic (exact) mass is 250 g/mol. The minimum atomic E-state index is -0.0782. The molecule has 0 heterocycles. The molecule has 5 heteroatoms. The minimum Gasteiger partial charge on any atom is -0.396 e. The Labute approximate surface area is 105 Å². The van der Waals surface area contributed by atoms with Gasteiger partial charge in [-0.15, -0.1) is 0 Å². The number of hydrogen-bond donors (Lipinski definition) is 2. The van der Waals surface area contributed by atoms with Crippen LogP contribution in [0.4, 0.5) is 5.69 Å². The summed E-state index contributed by atoms with van der Waals surface area (Å²) < 4.78 is 0. The molecule has 0 atom stereocenters. The number of carbonyl (C=O) groups excluding carboxylic acids is 1. The van der Waals surface area contributed by atoms with Crippen LogP contribution in [0.2, 0.25) is 0 Å². The summed E-state index contributed by atoms with van der Waals surface area (Å²) in [5.41, 5.74) is 1.17. The van der Waals surface area contributed by atoms with Gasteiger partial charge in [-0.3, -0.25) is 4.79 Å². The van der Waals surface area contributed by atoms with Crippen molar-refractivity contribution >= 4 is 23.4 Å². The van der Waals surface area contributed by atoms with Gasteiger partial charge in [-0.25, -0.2) is 0 Å². The lowest BCUT2D eigenvalue weighted by atomic mass is 10.2. The number of aliphatic hydroxyl groups excluding tert-OH is 1. The Kier molecular flexibility index (Phi) is 6.15. The number of carbonyl (C=O) groups is 1. The molecule has 1 aromatic carbocycles. The molecule has 0 fully saturated rings. The molecule has 1 aromatic rings. The number of hydrogen-bond acceptors (Lipinski definition) is 4. The number of amides is 1. The molecule has 0 saturated carbocycles. The molecule has 0 aromatic heterocycles. The molecule has 2 N–H and O–H groups in total. The third-order valence-electron chi connectivity index (χ3n) is 1.98. The minimum absolute atomic E-state index is 0.0782. The average molecular weight is 250 g/mol. The maximum Gasteiger partial charge on any atom is 0.225 e. The molecule has 0 unspecified atom stereocenters. The SMILES string of the molecule is N#Cc1cccc(NC(=O)CCSCCO)c1. The Balaban J connectivity index is 2.37. The number of nitrogens with zero attached hydrogens (tertiary/aromatic N) is 1. The van der Waals surface area contributed by atoms with Crippen LogP contribution < -0.4 is 5.32 Å². The lowest BCUT2D eigenvalue weighted by Gasteiger charge is -2.04. The van der Waals surface area contributed by atoms with Gasteiger partial charge < -0.3 is 10.4 Å². The maximum absolute atomic E-state index is 11.5. The van der Waals surface area contributed by atoms with Crippen LogP contribution in [-0.4, -0.2) is 29.1 Å². The molecule has 4 nitrogen and oxygen atoms in total. The fourth-order valence-corrected chi connectivity index (χ4v) is 1.88. The number of benzene rings is 1. The van der Waals surface area contributed by atoms with E-state index in [2.05, 4.69) is 5.32 Å². The van der Waals surface area contributed by atoms with Crippen molar-refractivity contribution in [1.29, 1.82) is 5.26 Å². The first-order valence-electron chi connectivity index (χ1n) is 5.25. The van der Waals surface area contributed by atoms with E-state index in [9.17, 15) is 4.79 Å². The molecular weight excluding hydrogens is 236 g/mol. The summed E-state index contributed by atoms with van der Waals surface area (Å²) >= 11 is 1.54. The van der Waals surface area contributed by atoms with Crippen LogP contribution in [0.3, 0.4) is 0 Å². The van der Waals surface area contributed by atoms with Gasteiger partial charge in [-0.2, -0.15) is 17.0 Å². The predicted octanol–water partition coefficient (Wildman–Crippen LogP) is 1.61. The number of nitrogens with one attached hydrogen (secondary N) is 1. The average Bonchev–Trinajstić information content (AvgIpc) is 2.35. The van der Waals surface area contributed by atoms with E-state index in [0.29, 0.717) is 29.2 Å². The molecule has 0 aliphatic rings. The van der Waals surface area contributed by atoms with E-state index in [1.165, 1.54) is 11.8 Å². The summed E-state index contributed by atoms with van der Waals surface area (Å²) in [5, 5.41) is 20.0. The van der Waals surface area contributed by atoms with Crippen molar-refractivity contribution in [3.8, 4) is 6.07 Å². The van der Waals surface area contributed by atoms with Gasteiger partial charge in [0.1, 0.15) is 0 Å². The molecule has 90 valence electrons. The molecule has 17 heavy (non-hydrogen) atoms. The number of nitriles is 1. The van der Waals surface area contributed by atoms with Crippen molar-refractivity contribution in [2.24, 2.45) is 0 Å². The van der Waals surface area contributed by atoms with Gasteiger partial charge in [0, 0.05) is 23.6 Å². The fraction of sp³-hybridized carbons (Fsp3) is 0.333.